The number of ether oxygens (including phenoxy) is 2. The van der Waals surface area contributed by atoms with Crippen molar-refractivity contribution in [3.63, 3.8) is 0 Å². The molecule has 0 aliphatic carbocycles. The van der Waals surface area contributed by atoms with Gasteiger partial charge in [0.15, 0.2) is 5.82 Å². The summed E-state index contributed by atoms with van der Waals surface area (Å²) < 4.78 is 11.9. The lowest BCUT2D eigenvalue weighted by molar-refractivity contribution is -0.113. The van der Waals surface area contributed by atoms with Crippen LogP contribution in [0.2, 0.25) is 0 Å². The molecule has 0 aliphatic rings. The number of amides is 1. The molecule has 1 aromatic heterocycles. The van der Waals surface area contributed by atoms with E-state index in [1.54, 1.807) is 25.3 Å². The summed E-state index contributed by atoms with van der Waals surface area (Å²) in [6, 6.07) is 13.3. The highest BCUT2D eigenvalue weighted by atomic mass is 32.2. The van der Waals surface area contributed by atoms with Gasteiger partial charge in [0.1, 0.15) is 11.5 Å². The molecule has 0 fully saturated rings. The predicted octanol–water partition coefficient (Wildman–Crippen LogP) is 3.70. The second-order valence-electron chi connectivity index (χ2n) is 7.91. The van der Waals surface area contributed by atoms with Gasteiger partial charge in [0.25, 0.3) is 0 Å². The second-order valence-corrected chi connectivity index (χ2v) is 8.85. The first kappa shape index (κ1) is 22.5. The molecule has 3 rings (SSSR count). The SMILES string of the molecule is COc1ccc(NC(=O)CSc2nnc(-c3ccc(C(C)(C)C)cc3)n2N)c(OC)c1. The summed E-state index contributed by atoms with van der Waals surface area (Å²) in [5.41, 5.74) is 2.71. The maximum absolute atomic E-state index is 12.4. The molecule has 0 aliphatic heterocycles. The summed E-state index contributed by atoms with van der Waals surface area (Å²) >= 11 is 1.21. The average molecular weight is 442 g/mol. The van der Waals surface area contributed by atoms with Gasteiger partial charge >= 0.3 is 0 Å². The van der Waals surface area contributed by atoms with Crippen LogP contribution in [0.5, 0.6) is 11.5 Å². The van der Waals surface area contributed by atoms with Gasteiger partial charge in [0, 0.05) is 11.6 Å². The number of carbonyl (C=O) groups is 1. The first-order chi connectivity index (χ1) is 14.7. The average Bonchev–Trinajstić information content (AvgIpc) is 3.12. The molecule has 3 N–H and O–H groups in total. The van der Waals surface area contributed by atoms with Crippen LogP contribution in [0.25, 0.3) is 11.4 Å². The van der Waals surface area contributed by atoms with E-state index in [1.807, 2.05) is 12.1 Å². The fourth-order valence-corrected chi connectivity index (χ4v) is 3.57. The minimum Gasteiger partial charge on any atom is -0.497 e. The molecule has 0 radical (unpaired) electrons. The van der Waals surface area contributed by atoms with E-state index in [0.717, 1.165) is 5.56 Å². The quantitative estimate of drug-likeness (QED) is 0.425. The van der Waals surface area contributed by atoms with Crippen LogP contribution in [0.1, 0.15) is 26.3 Å². The van der Waals surface area contributed by atoms with Gasteiger partial charge in [-0.2, -0.15) is 0 Å². The van der Waals surface area contributed by atoms with Gasteiger partial charge in [-0.3, -0.25) is 4.79 Å². The Morgan fingerprint density at radius 3 is 2.42 bits per heavy atom. The number of thioether (sulfide) groups is 1. The Labute approximate surface area is 186 Å². The van der Waals surface area contributed by atoms with E-state index in [0.29, 0.717) is 28.2 Å². The van der Waals surface area contributed by atoms with Crippen molar-refractivity contribution in [2.75, 3.05) is 31.1 Å². The lowest BCUT2D eigenvalue weighted by atomic mass is 9.87. The van der Waals surface area contributed by atoms with Crippen molar-refractivity contribution in [3.05, 3.63) is 48.0 Å². The van der Waals surface area contributed by atoms with Crippen molar-refractivity contribution >= 4 is 23.4 Å². The van der Waals surface area contributed by atoms with Crippen LogP contribution >= 0.6 is 11.8 Å². The number of nitrogens with zero attached hydrogens (tertiary/aromatic N) is 3. The van der Waals surface area contributed by atoms with E-state index in [2.05, 4.69) is 48.4 Å². The number of rotatable bonds is 7. The summed E-state index contributed by atoms with van der Waals surface area (Å²) in [7, 11) is 3.10. The number of anilines is 1. The van der Waals surface area contributed by atoms with E-state index in [1.165, 1.54) is 29.1 Å². The number of nitrogens with one attached hydrogen (secondary N) is 1. The molecule has 3 aromatic rings. The molecule has 9 heteroatoms. The van der Waals surface area contributed by atoms with Gasteiger partial charge in [-0.15, -0.1) is 10.2 Å². The molecule has 31 heavy (non-hydrogen) atoms. The van der Waals surface area contributed by atoms with Gasteiger partial charge in [0.2, 0.25) is 11.1 Å². The number of carbonyl (C=O) groups excluding carboxylic acids is 1. The third-order valence-electron chi connectivity index (χ3n) is 4.69. The zero-order chi connectivity index (χ0) is 22.6. The minimum atomic E-state index is -0.215. The van der Waals surface area contributed by atoms with E-state index in [-0.39, 0.29) is 17.1 Å². The molecule has 2 aromatic carbocycles. The third kappa shape index (κ3) is 5.29. The van der Waals surface area contributed by atoms with E-state index >= 15 is 0 Å². The maximum atomic E-state index is 12.4. The number of methoxy groups -OCH3 is 2. The van der Waals surface area contributed by atoms with Crippen LogP contribution in [-0.4, -0.2) is 40.8 Å². The normalized spacial score (nSPS) is 11.3. The number of hydrogen-bond donors (Lipinski definition) is 2. The Balaban J connectivity index is 1.65. The Morgan fingerprint density at radius 2 is 1.81 bits per heavy atom. The van der Waals surface area contributed by atoms with Gasteiger partial charge in [0.05, 0.1) is 25.7 Å². The monoisotopic (exact) mass is 441 g/mol. The molecule has 0 spiro atoms. The first-order valence-electron chi connectivity index (χ1n) is 9.69. The first-order valence-corrected chi connectivity index (χ1v) is 10.7. The van der Waals surface area contributed by atoms with E-state index in [4.69, 9.17) is 15.3 Å². The van der Waals surface area contributed by atoms with Crippen LogP contribution in [-0.2, 0) is 10.2 Å². The van der Waals surface area contributed by atoms with E-state index < -0.39 is 0 Å². The molecule has 0 bridgehead atoms. The van der Waals surface area contributed by atoms with Crippen molar-refractivity contribution in [3.8, 4) is 22.9 Å². The molecule has 1 amide bonds. The third-order valence-corrected chi connectivity index (χ3v) is 5.63. The van der Waals surface area contributed by atoms with Gasteiger partial charge in [-0.1, -0.05) is 56.8 Å². The van der Waals surface area contributed by atoms with Crippen molar-refractivity contribution in [1.29, 1.82) is 0 Å². The van der Waals surface area contributed by atoms with Crippen LogP contribution in [0.3, 0.4) is 0 Å². The summed E-state index contributed by atoms with van der Waals surface area (Å²) in [6.45, 7) is 6.48. The number of benzene rings is 2. The van der Waals surface area contributed by atoms with Gasteiger partial charge < -0.3 is 20.6 Å². The molecule has 164 valence electrons. The van der Waals surface area contributed by atoms with Gasteiger partial charge in [-0.25, -0.2) is 4.68 Å². The van der Waals surface area contributed by atoms with Crippen LogP contribution in [0.15, 0.2) is 47.6 Å². The highest BCUT2D eigenvalue weighted by Gasteiger charge is 2.17. The number of hydrogen-bond acceptors (Lipinski definition) is 7. The molecule has 0 saturated carbocycles. The lowest BCUT2D eigenvalue weighted by Gasteiger charge is -2.19. The molecule has 0 saturated heterocycles. The summed E-state index contributed by atoms with van der Waals surface area (Å²) in [5, 5.41) is 11.6. The molecular weight excluding hydrogens is 414 g/mol. The smallest absolute Gasteiger partial charge is 0.234 e. The highest BCUT2D eigenvalue weighted by molar-refractivity contribution is 7.99. The number of nitrogens with two attached hydrogens (primary N) is 1. The van der Waals surface area contributed by atoms with Gasteiger partial charge in [-0.05, 0) is 23.1 Å². The minimum absolute atomic E-state index is 0.0653. The van der Waals surface area contributed by atoms with Crippen LogP contribution in [0, 0.1) is 0 Å². The summed E-state index contributed by atoms with van der Waals surface area (Å²) in [5.74, 6) is 7.78. The van der Waals surface area contributed by atoms with Crippen molar-refractivity contribution < 1.29 is 14.3 Å². The number of aromatic nitrogens is 3. The van der Waals surface area contributed by atoms with Crippen molar-refractivity contribution in [2.24, 2.45) is 0 Å². The molecule has 8 nitrogen and oxygen atoms in total. The summed E-state index contributed by atoms with van der Waals surface area (Å²) in [6.07, 6.45) is 0. The molecule has 1 heterocycles. The van der Waals surface area contributed by atoms with Crippen LogP contribution in [0.4, 0.5) is 5.69 Å². The Hall–Kier alpha value is -3.20. The maximum Gasteiger partial charge on any atom is 0.234 e. The fourth-order valence-electron chi connectivity index (χ4n) is 2.91. The zero-order valence-corrected chi connectivity index (χ0v) is 19.1. The predicted molar refractivity (Wildman–Crippen MR) is 123 cm³/mol. The topological polar surface area (TPSA) is 104 Å². The lowest BCUT2D eigenvalue weighted by Crippen LogP contribution is -2.17. The van der Waals surface area contributed by atoms with Crippen LogP contribution < -0.4 is 20.6 Å². The Bertz CT molecular complexity index is 1060. The van der Waals surface area contributed by atoms with Crippen molar-refractivity contribution in [2.45, 2.75) is 31.3 Å². The fraction of sp³-hybridized carbons (Fsp3) is 0.318. The zero-order valence-electron chi connectivity index (χ0n) is 18.3. The largest absolute Gasteiger partial charge is 0.497 e. The molecule has 0 atom stereocenters. The highest BCUT2D eigenvalue weighted by Crippen LogP contribution is 2.30. The second kappa shape index (κ2) is 9.30. The standard InChI is InChI=1S/C22H27N5O3S/c1-22(2,3)15-8-6-14(7-9-15)20-25-26-21(27(20)23)31-13-19(28)24-17-11-10-16(29-4)12-18(17)30-5/h6-12H,13,23H2,1-5H3,(H,24,28). The Kier molecular flexibility index (Phi) is 6.74. The summed E-state index contributed by atoms with van der Waals surface area (Å²) in [4.78, 5) is 12.4. The molecule has 0 unspecified atom stereocenters. The Morgan fingerprint density at radius 1 is 1.10 bits per heavy atom. The van der Waals surface area contributed by atoms with E-state index in [9.17, 15) is 4.79 Å². The molecular formula is C22H27N5O3S. The number of nitrogen functional groups attached to an aromatic ring is 1. The van der Waals surface area contributed by atoms with Crippen molar-refractivity contribution in [1.82, 2.24) is 14.9 Å².